The minimum atomic E-state index is -0.538. The van der Waals surface area contributed by atoms with Crippen molar-refractivity contribution in [3.8, 4) is 5.75 Å². The molecule has 1 aromatic heterocycles. The number of methoxy groups -OCH3 is 1. The fourth-order valence-corrected chi connectivity index (χ4v) is 2.61. The maximum Gasteiger partial charge on any atom is 0.133 e. The van der Waals surface area contributed by atoms with Crippen molar-refractivity contribution in [2.75, 3.05) is 20.7 Å². The number of benzene rings is 1. The molecule has 1 heterocycles. The van der Waals surface area contributed by atoms with Gasteiger partial charge in [-0.3, -0.25) is 0 Å². The Hall–Kier alpha value is -1.10. The van der Waals surface area contributed by atoms with Crippen molar-refractivity contribution in [3.05, 3.63) is 29.1 Å². The van der Waals surface area contributed by atoms with Crippen LogP contribution >= 0.6 is 11.3 Å². The number of nitrogens with one attached hydrogen (secondary N) is 1. The van der Waals surface area contributed by atoms with Crippen LogP contribution in [0.4, 0.5) is 0 Å². The highest BCUT2D eigenvalue weighted by molar-refractivity contribution is 7.17. The number of hydrogen-bond donors (Lipinski definition) is 2. The molecule has 0 spiro atoms. The second-order valence-electron chi connectivity index (χ2n) is 3.59. The van der Waals surface area contributed by atoms with Gasteiger partial charge in [0.1, 0.15) is 5.75 Å². The van der Waals surface area contributed by atoms with Crippen LogP contribution < -0.4 is 10.1 Å². The van der Waals surface area contributed by atoms with Gasteiger partial charge in [-0.2, -0.15) is 0 Å². The van der Waals surface area contributed by atoms with Crippen molar-refractivity contribution in [1.29, 1.82) is 0 Å². The average molecular weight is 237 g/mol. The summed E-state index contributed by atoms with van der Waals surface area (Å²) in [4.78, 5) is 0. The zero-order chi connectivity index (χ0) is 11.5. The van der Waals surface area contributed by atoms with Crippen LogP contribution in [0.15, 0.2) is 23.6 Å². The first kappa shape index (κ1) is 11.4. The standard InChI is InChI=1S/C12H15NO2S/c1-13-7-10(14)8-3-4-11-9(5-6-16-11)12(8)15-2/h3-6,10,13-14H,7H2,1-2H3. The summed E-state index contributed by atoms with van der Waals surface area (Å²) in [5.41, 5.74) is 0.836. The van der Waals surface area contributed by atoms with Crippen LogP contribution in [0, 0.1) is 0 Å². The fraction of sp³-hybridized carbons (Fsp3) is 0.333. The molecule has 2 N–H and O–H groups in total. The highest BCUT2D eigenvalue weighted by Gasteiger charge is 2.15. The van der Waals surface area contributed by atoms with Gasteiger partial charge in [0.2, 0.25) is 0 Å². The summed E-state index contributed by atoms with van der Waals surface area (Å²) in [6.45, 7) is 0.520. The van der Waals surface area contributed by atoms with Crippen molar-refractivity contribution >= 4 is 21.4 Å². The molecule has 3 nitrogen and oxygen atoms in total. The maximum absolute atomic E-state index is 9.99. The second-order valence-corrected chi connectivity index (χ2v) is 4.54. The topological polar surface area (TPSA) is 41.5 Å². The van der Waals surface area contributed by atoms with Gasteiger partial charge in [-0.15, -0.1) is 11.3 Å². The van der Waals surface area contributed by atoms with E-state index in [0.29, 0.717) is 6.54 Å². The third kappa shape index (κ3) is 1.91. The first-order valence-electron chi connectivity index (χ1n) is 5.14. The molecule has 0 amide bonds. The lowest BCUT2D eigenvalue weighted by Gasteiger charge is -2.15. The summed E-state index contributed by atoms with van der Waals surface area (Å²) >= 11 is 1.67. The minimum Gasteiger partial charge on any atom is -0.496 e. The predicted molar refractivity (Wildman–Crippen MR) is 67.3 cm³/mol. The smallest absolute Gasteiger partial charge is 0.133 e. The van der Waals surface area contributed by atoms with E-state index in [2.05, 4.69) is 5.32 Å². The Morgan fingerprint density at radius 2 is 2.25 bits per heavy atom. The summed E-state index contributed by atoms with van der Waals surface area (Å²) in [7, 11) is 3.46. The summed E-state index contributed by atoms with van der Waals surface area (Å²) in [6.07, 6.45) is -0.538. The SMILES string of the molecule is CNCC(O)c1ccc2sccc2c1OC. The number of fused-ring (bicyclic) bond motifs is 1. The van der Waals surface area contributed by atoms with Gasteiger partial charge in [-0.1, -0.05) is 6.07 Å². The molecule has 0 aliphatic heterocycles. The van der Waals surface area contributed by atoms with E-state index in [1.54, 1.807) is 18.4 Å². The zero-order valence-corrected chi connectivity index (χ0v) is 10.2. The molecule has 1 atom stereocenters. The van der Waals surface area contributed by atoms with Gasteiger partial charge in [-0.05, 0) is 24.6 Å². The quantitative estimate of drug-likeness (QED) is 0.856. The van der Waals surface area contributed by atoms with E-state index >= 15 is 0 Å². The van der Waals surface area contributed by atoms with Crippen LogP contribution in [0.5, 0.6) is 5.75 Å². The van der Waals surface area contributed by atoms with Gasteiger partial charge >= 0.3 is 0 Å². The monoisotopic (exact) mass is 237 g/mol. The fourth-order valence-electron chi connectivity index (χ4n) is 1.83. The Kier molecular flexibility index (Phi) is 3.43. The molecule has 0 radical (unpaired) electrons. The van der Waals surface area contributed by atoms with Crippen LogP contribution in [-0.2, 0) is 0 Å². The van der Waals surface area contributed by atoms with Gasteiger partial charge < -0.3 is 15.2 Å². The lowest BCUT2D eigenvalue weighted by atomic mass is 10.1. The van der Waals surface area contributed by atoms with Crippen molar-refractivity contribution in [1.82, 2.24) is 5.32 Å². The van der Waals surface area contributed by atoms with E-state index in [1.165, 1.54) is 4.70 Å². The third-order valence-electron chi connectivity index (χ3n) is 2.58. The van der Waals surface area contributed by atoms with Crippen LogP contribution in [0.1, 0.15) is 11.7 Å². The lowest BCUT2D eigenvalue weighted by Crippen LogP contribution is -2.17. The molecule has 2 aromatic rings. The Balaban J connectivity index is 2.51. The van der Waals surface area contributed by atoms with Crippen LogP contribution in [0.25, 0.3) is 10.1 Å². The minimum absolute atomic E-state index is 0.520. The van der Waals surface area contributed by atoms with Gasteiger partial charge in [0.05, 0.1) is 13.2 Å². The molecule has 2 rings (SSSR count). The number of ether oxygens (including phenoxy) is 1. The Labute approximate surface area is 98.7 Å². The molecule has 16 heavy (non-hydrogen) atoms. The molecule has 86 valence electrons. The van der Waals surface area contributed by atoms with Crippen LogP contribution in [-0.4, -0.2) is 25.8 Å². The summed E-state index contributed by atoms with van der Waals surface area (Å²) in [6, 6.07) is 5.98. The molecular formula is C12H15NO2S. The van der Waals surface area contributed by atoms with Gasteiger partial charge in [0.25, 0.3) is 0 Å². The Morgan fingerprint density at radius 1 is 1.44 bits per heavy atom. The molecule has 0 aliphatic carbocycles. The Morgan fingerprint density at radius 3 is 2.94 bits per heavy atom. The molecule has 1 aromatic carbocycles. The summed E-state index contributed by atoms with van der Waals surface area (Å²) in [5.74, 6) is 0.779. The number of aliphatic hydroxyl groups excluding tert-OH is 1. The van der Waals surface area contributed by atoms with Crippen molar-refractivity contribution in [2.45, 2.75) is 6.10 Å². The first-order valence-corrected chi connectivity index (χ1v) is 6.02. The molecule has 0 aliphatic rings. The van der Waals surface area contributed by atoms with E-state index in [-0.39, 0.29) is 0 Å². The van der Waals surface area contributed by atoms with Crippen molar-refractivity contribution in [2.24, 2.45) is 0 Å². The number of likely N-dealkylation sites (N-methyl/N-ethyl adjacent to an activating group) is 1. The Bertz CT molecular complexity index is 481. The number of thiophene rings is 1. The largest absolute Gasteiger partial charge is 0.496 e. The maximum atomic E-state index is 9.99. The molecule has 0 saturated heterocycles. The van der Waals surface area contributed by atoms with Gasteiger partial charge in [0.15, 0.2) is 0 Å². The average Bonchev–Trinajstić information content (AvgIpc) is 2.75. The van der Waals surface area contributed by atoms with Crippen molar-refractivity contribution in [3.63, 3.8) is 0 Å². The van der Waals surface area contributed by atoms with E-state index in [0.717, 1.165) is 16.7 Å². The normalized spacial score (nSPS) is 12.9. The van der Waals surface area contributed by atoms with E-state index in [1.807, 2.05) is 30.6 Å². The molecular weight excluding hydrogens is 222 g/mol. The molecule has 0 fully saturated rings. The van der Waals surface area contributed by atoms with Gasteiger partial charge in [0, 0.05) is 22.2 Å². The molecule has 0 saturated carbocycles. The number of rotatable bonds is 4. The van der Waals surface area contributed by atoms with Crippen LogP contribution in [0.3, 0.4) is 0 Å². The highest BCUT2D eigenvalue weighted by Crippen LogP contribution is 2.35. The summed E-state index contributed by atoms with van der Waals surface area (Å²) < 4.78 is 6.58. The predicted octanol–water partition coefficient (Wildman–Crippen LogP) is 2.16. The molecule has 0 bridgehead atoms. The first-order chi connectivity index (χ1) is 7.77. The number of aliphatic hydroxyl groups is 1. The lowest BCUT2D eigenvalue weighted by molar-refractivity contribution is 0.174. The highest BCUT2D eigenvalue weighted by atomic mass is 32.1. The zero-order valence-electron chi connectivity index (χ0n) is 9.36. The molecule has 4 heteroatoms. The van der Waals surface area contributed by atoms with E-state index in [4.69, 9.17) is 4.74 Å². The summed E-state index contributed by atoms with van der Waals surface area (Å²) in [5, 5.41) is 16.0. The molecule has 1 unspecified atom stereocenters. The van der Waals surface area contributed by atoms with Crippen molar-refractivity contribution < 1.29 is 9.84 Å². The van der Waals surface area contributed by atoms with Gasteiger partial charge in [-0.25, -0.2) is 0 Å². The van der Waals surface area contributed by atoms with Crippen LogP contribution in [0.2, 0.25) is 0 Å². The number of hydrogen-bond acceptors (Lipinski definition) is 4. The van der Waals surface area contributed by atoms with E-state index in [9.17, 15) is 5.11 Å². The second kappa shape index (κ2) is 4.82. The van der Waals surface area contributed by atoms with E-state index < -0.39 is 6.10 Å². The third-order valence-corrected chi connectivity index (χ3v) is 3.46.